The molecule has 0 saturated carbocycles. The highest BCUT2D eigenvalue weighted by Crippen LogP contribution is 2.14. The second kappa shape index (κ2) is 8.01. The maximum atomic E-state index is 9.51. The Morgan fingerprint density at radius 1 is 1.40 bits per heavy atom. The molecule has 1 heterocycles. The van der Waals surface area contributed by atoms with Crippen LogP contribution in [0.3, 0.4) is 0 Å². The van der Waals surface area contributed by atoms with Crippen LogP contribution in [0.15, 0.2) is 0 Å². The second-order valence-electron chi connectivity index (χ2n) is 3.65. The summed E-state index contributed by atoms with van der Waals surface area (Å²) in [5, 5.41) is 21.2. The van der Waals surface area contributed by atoms with E-state index in [0.29, 0.717) is 19.8 Å². The lowest BCUT2D eigenvalue weighted by Crippen LogP contribution is -2.37. The Hall–Kier alpha value is -0.200. The average Bonchev–Trinajstić information content (AvgIpc) is 2.25. The maximum absolute atomic E-state index is 9.51. The number of hydrogen-bond donors (Lipinski definition) is 3. The molecule has 0 radical (unpaired) electrons. The molecular formula is C10H21NO4. The van der Waals surface area contributed by atoms with E-state index in [0.717, 1.165) is 25.8 Å². The van der Waals surface area contributed by atoms with Crippen LogP contribution in [0.4, 0.5) is 0 Å². The first-order valence-electron chi connectivity index (χ1n) is 5.57. The third-order valence-electron chi connectivity index (χ3n) is 2.31. The normalized spacial score (nSPS) is 26.8. The first-order chi connectivity index (χ1) is 7.34. The van der Waals surface area contributed by atoms with E-state index in [1.165, 1.54) is 0 Å². The van der Waals surface area contributed by atoms with E-state index in [4.69, 9.17) is 14.6 Å². The first kappa shape index (κ1) is 12.9. The molecule has 0 aromatic heterocycles. The van der Waals surface area contributed by atoms with Gasteiger partial charge in [0.25, 0.3) is 0 Å². The van der Waals surface area contributed by atoms with Gasteiger partial charge in [-0.1, -0.05) is 0 Å². The zero-order valence-electron chi connectivity index (χ0n) is 9.02. The molecule has 1 aliphatic heterocycles. The fraction of sp³-hybridized carbons (Fsp3) is 1.00. The quantitative estimate of drug-likeness (QED) is 0.502. The zero-order valence-corrected chi connectivity index (χ0v) is 9.02. The highest BCUT2D eigenvalue weighted by Gasteiger charge is 2.23. The van der Waals surface area contributed by atoms with Crippen molar-refractivity contribution in [3.05, 3.63) is 0 Å². The lowest BCUT2D eigenvalue weighted by molar-refractivity contribution is -0.213. The minimum atomic E-state index is -0.490. The second-order valence-corrected chi connectivity index (χ2v) is 3.65. The first-order valence-corrected chi connectivity index (χ1v) is 5.57. The molecule has 5 heteroatoms. The number of ether oxygens (including phenoxy) is 2. The molecule has 1 rings (SSSR count). The molecule has 0 bridgehead atoms. The summed E-state index contributed by atoms with van der Waals surface area (Å²) in [6, 6.07) is 0. The molecule has 0 aromatic rings. The van der Waals surface area contributed by atoms with E-state index in [-0.39, 0.29) is 6.61 Å². The third-order valence-corrected chi connectivity index (χ3v) is 2.31. The molecule has 3 N–H and O–H groups in total. The Labute approximate surface area is 90.4 Å². The number of rotatable bonds is 7. The van der Waals surface area contributed by atoms with Gasteiger partial charge in [0.1, 0.15) is 6.10 Å². The zero-order chi connectivity index (χ0) is 10.9. The summed E-state index contributed by atoms with van der Waals surface area (Å²) in [7, 11) is 0. The van der Waals surface area contributed by atoms with E-state index in [1.54, 1.807) is 0 Å². The van der Waals surface area contributed by atoms with Crippen molar-refractivity contribution in [1.29, 1.82) is 0 Å². The molecule has 0 aromatic carbocycles. The van der Waals surface area contributed by atoms with Crippen LogP contribution in [0, 0.1) is 0 Å². The SMILES string of the molecule is OCCCNCCOC1OCCCC1O. The number of nitrogens with one attached hydrogen (secondary N) is 1. The maximum Gasteiger partial charge on any atom is 0.183 e. The van der Waals surface area contributed by atoms with Crippen LogP contribution in [0.1, 0.15) is 19.3 Å². The lowest BCUT2D eigenvalue weighted by atomic mass is 10.1. The lowest BCUT2D eigenvalue weighted by Gasteiger charge is -2.27. The van der Waals surface area contributed by atoms with Crippen LogP contribution in [-0.4, -0.2) is 55.5 Å². The smallest absolute Gasteiger partial charge is 0.183 e. The van der Waals surface area contributed by atoms with Crippen molar-refractivity contribution < 1.29 is 19.7 Å². The van der Waals surface area contributed by atoms with Crippen molar-refractivity contribution in [2.75, 3.05) is 32.9 Å². The average molecular weight is 219 g/mol. The van der Waals surface area contributed by atoms with Crippen molar-refractivity contribution in [1.82, 2.24) is 5.32 Å². The van der Waals surface area contributed by atoms with Gasteiger partial charge in [-0.05, 0) is 25.8 Å². The van der Waals surface area contributed by atoms with Gasteiger partial charge in [0.15, 0.2) is 6.29 Å². The van der Waals surface area contributed by atoms with Gasteiger partial charge in [-0.2, -0.15) is 0 Å². The van der Waals surface area contributed by atoms with Crippen molar-refractivity contribution in [3.63, 3.8) is 0 Å². The van der Waals surface area contributed by atoms with Crippen LogP contribution in [0.2, 0.25) is 0 Å². The summed E-state index contributed by atoms with van der Waals surface area (Å²) in [5.41, 5.74) is 0. The predicted octanol–water partition coefficient (Wildman–Crippen LogP) is -0.528. The molecule has 90 valence electrons. The largest absolute Gasteiger partial charge is 0.396 e. The standard InChI is InChI=1S/C10H21NO4/c12-6-2-4-11-5-8-15-10-9(13)3-1-7-14-10/h9-13H,1-8H2. The minimum Gasteiger partial charge on any atom is -0.396 e. The van der Waals surface area contributed by atoms with E-state index < -0.39 is 12.4 Å². The predicted molar refractivity (Wildman–Crippen MR) is 55.5 cm³/mol. The van der Waals surface area contributed by atoms with Crippen LogP contribution < -0.4 is 5.32 Å². The fourth-order valence-corrected chi connectivity index (χ4v) is 1.47. The summed E-state index contributed by atoms with van der Waals surface area (Å²) in [6.45, 7) is 2.89. The fourth-order valence-electron chi connectivity index (χ4n) is 1.47. The third kappa shape index (κ3) is 5.44. The van der Waals surface area contributed by atoms with Crippen molar-refractivity contribution in [2.45, 2.75) is 31.7 Å². The van der Waals surface area contributed by atoms with Gasteiger partial charge < -0.3 is 25.0 Å². The van der Waals surface area contributed by atoms with Crippen molar-refractivity contribution >= 4 is 0 Å². The number of aliphatic hydroxyl groups excluding tert-OH is 2. The topological polar surface area (TPSA) is 71.0 Å². The molecule has 5 nitrogen and oxygen atoms in total. The summed E-state index contributed by atoms with van der Waals surface area (Å²) < 4.78 is 10.7. The number of aliphatic hydroxyl groups is 2. The summed E-state index contributed by atoms with van der Waals surface area (Å²) in [6.07, 6.45) is 1.45. The summed E-state index contributed by atoms with van der Waals surface area (Å²) in [5.74, 6) is 0. The molecular weight excluding hydrogens is 198 g/mol. The van der Waals surface area contributed by atoms with E-state index in [9.17, 15) is 5.11 Å². The Bertz CT molecular complexity index is 156. The highest BCUT2D eigenvalue weighted by molar-refractivity contribution is 4.65. The Balaban J connectivity index is 1.94. The van der Waals surface area contributed by atoms with Gasteiger partial charge in [-0.15, -0.1) is 0 Å². The highest BCUT2D eigenvalue weighted by atomic mass is 16.7. The van der Waals surface area contributed by atoms with Gasteiger partial charge in [0, 0.05) is 19.8 Å². The summed E-state index contributed by atoms with van der Waals surface area (Å²) in [4.78, 5) is 0. The molecule has 0 amide bonds. The van der Waals surface area contributed by atoms with Crippen LogP contribution in [0.25, 0.3) is 0 Å². The number of hydrogen-bond acceptors (Lipinski definition) is 5. The molecule has 2 unspecified atom stereocenters. The van der Waals surface area contributed by atoms with Gasteiger partial charge in [-0.25, -0.2) is 0 Å². The van der Waals surface area contributed by atoms with E-state index in [1.807, 2.05) is 0 Å². The monoisotopic (exact) mass is 219 g/mol. The molecule has 0 aliphatic carbocycles. The minimum absolute atomic E-state index is 0.207. The Kier molecular flexibility index (Phi) is 6.87. The van der Waals surface area contributed by atoms with Gasteiger partial charge >= 0.3 is 0 Å². The van der Waals surface area contributed by atoms with Crippen molar-refractivity contribution in [3.8, 4) is 0 Å². The molecule has 1 fully saturated rings. The Morgan fingerprint density at radius 2 is 2.27 bits per heavy atom. The Morgan fingerprint density at radius 3 is 3.00 bits per heavy atom. The summed E-state index contributed by atoms with van der Waals surface area (Å²) >= 11 is 0. The van der Waals surface area contributed by atoms with Gasteiger partial charge in [-0.3, -0.25) is 0 Å². The van der Waals surface area contributed by atoms with E-state index in [2.05, 4.69) is 5.32 Å². The van der Waals surface area contributed by atoms with Gasteiger partial charge in [0.2, 0.25) is 0 Å². The van der Waals surface area contributed by atoms with Crippen LogP contribution >= 0.6 is 0 Å². The van der Waals surface area contributed by atoms with E-state index >= 15 is 0 Å². The van der Waals surface area contributed by atoms with Crippen LogP contribution in [-0.2, 0) is 9.47 Å². The molecule has 1 aliphatic rings. The molecule has 0 spiro atoms. The van der Waals surface area contributed by atoms with Crippen LogP contribution in [0.5, 0.6) is 0 Å². The molecule has 1 saturated heterocycles. The van der Waals surface area contributed by atoms with Crippen molar-refractivity contribution in [2.24, 2.45) is 0 Å². The molecule has 2 atom stereocenters. The van der Waals surface area contributed by atoms with Gasteiger partial charge in [0.05, 0.1) is 6.61 Å². The molecule has 15 heavy (non-hydrogen) atoms.